The molecule has 21 nitrogen and oxygen atoms in total. The average molecular weight is 1990 g/mol. The third-order valence-corrected chi connectivity index (χ3v) is 32.8. The fourth-order valence-corrected chi connectivity index (χ4v) is 25.5. The molecule has 8 aliphatic carbocycles. The molecule has 0 unspecified atom stereocenters. The number of hydrogen-bond acceptors (Lipinski definition) is 17. The number of ketones is 4. The highest BCUT2D eigenvalue weighted by Crippen LogP contribution is 2.65. The number of pyridine rings is 4. The number of aryl methyl sites for hydroxylation is 1. The average Bonchev–Trinajstić information content (AvgIpc) is 1.49. The molecule has 738 valence electrons. The second-order valence-electron chi connectivity index (χ2n) is 41.9. The van der Waals surface area contributed by atoms with Gasteiger partial charge in [0.25, 0.3) is 5.78 Å². The minimum atomic E-state index is -1.45. The highest BCUT2D eigenvalue weighted by molar-refractivity contribution is 6.12. The van der Waals surface area contributed by atoms with Crippen LogP contribution in [0, 0.1) is 103 Å². The summed E-state index contributed by atoms with van der Waals surface area (Å²) in [5.41, 5.74) is 11.3. The lowest BCUT2D eigenvalue weighted by molar-refractivity contribution is -0.130. The molecule has 1 saturated heterocycles. The van der Waals surface area contributed by atoms with E-state index in [2.05, 4.69) is 53.2 Å². The van der Waals surface area contributed by atoms with Crippen LogP contribution in [0.1, 0.15) is 146 Å². The Balaban J connectivity index is 0.000000113. The first-order valence-electron chi connectivity index (χ1n) is 49.7. The third-order valence-electron chi connectivity index (χ3n) is 32.8. The van der Waals surface area contributed by atoms with E-state index in [9.17, 15) is 28.0 Å². The third kappa shape index (κ3) is 15.3. The smallest absolute Gasteiger partial charge is 0.307 e. The molecule has 9 heterocycles. The summed E-state index contributed by atoms with van der Waals surface area (Å²) in [5, 5.41) is 2.88. The standard InChI is InChI=1S/C31H24F2N4O.C31H25FN4O2.C31H25FN4O.C30H20F2N4O/c1-30(2)24-13-12-20-25(19-8-5-6-10-21(19)32)36-29(18-14-15-35-26-17(18)9-7-11-22(26)33)37-27(20)31(24,3)16-23(34-4)28(30)38;1-16-9-10-18-19(13-14-34-24(18)15-16)28-35-25(20-7-5-6-8-23(20)32)21-11-12-22-17(2)27(37)31(33-4)29(38-31)30(22,3)26(21)36-28;1-30(2)25-15-14-21-26(20-9-5-6-12-22(20)32)35-29(19-10-7-13-23-18(19)11-8-16-34-23)36-27(21)31(25,3)17-24(33-4)28(30)37;1-16-21-12-11-20-25(19-7-4-5-9-22(19)31)35-29(18-13-14-34-26-17(18)8-6-10-23(26)32)36-28(20)30(21,2)15-24(33-3)27(16)37/h5-11,14-16,24H,12-13H2,1-3H3;5-10,13-15,17,22,29H,11-12H2,1-3H3;5-13,16-17,25H,14-15H2,1-3H3;4-10,13-15H,11-12H2,1-2H3/t24-,31-;17-,22-,29+,30-,31-;25-,31-;30-/m1111/s1. The minimum Gasteiger partial charge on any atom is -0.307 e. The van der Waals surface area contributed by atoms with Gasteiger partial charge in [0.05, 0.1) is 81.7 Å². The molecule has 8 aromatic heterocycles. The number of halogens is 6. The van der Waals surface area contributed by atoms with Crippen molar-refractivity contribution in [2.45, 2.75) is 161 Å². The molecule has 10 atom stereocenters. The van der Waals surface area contributed by atoms with Crippen molar-refractivity contribution < 1.29 is 50.3 Å². The number of nitrogens with zero attached hydrogens (tertiary/aromatic N) is 16. The fourth-order valence-electron chi connectivity index (χ4n) is 25.5. The first-order valence-corrected chi connectivity index (χ1v) is 49.7. The van der Waals surface area contributed by atoms with Crippen LogP contribution in [0.25, 0.3) is 154 Å². The molecule has 2 fully saturated rings. The van der Waals surface area contributed by atoms with E-state index in [1.54, 1.807) is 147 Å². The fraction of sp³-hybridized carbons (Fsp3) is 0.252. The van der Waals surface area contributed by atoms with Crippen LogP contribution in [-0.4, -0.2) is 94.8 Å². The lowest BCUT2D eigenvalue weighted by atomic mass is 9.53. The zero-order valence-corrected chi connectivity index (χ0v) is 83.6. The summed E-state index contributed by atoms with van der Waals surface area (Å²) in [6.45, 7) is 52.1. The highest BCUT2D eigenvalue weighted by Gasteiger charge is 2.84. The number of aromatic nitrogens is 12. The predicted molar refractivity (Wildman–Crippen MR) is 558 cm³/mol. The largest absolute Gasteiger partial charge is 0.424 e. The van der Waals surface area contributed by atoms with E-state index >= 15 is 17.6 Å². The van der Waals surface area contributed by atoms with Crippen LogP contribution in [0.15, 0.2) is 271 Å². The second kappa shape index (κ2) is 36.5. The van der Waals surface area contributed by atoms with Crippen molar-refractivity contribution in [2.24, 2.45) is 34.5 Å². The van der Waals surface area contributed by atoms with Crippen LogP contribution in [0.3, 0.4) is 0 Å². The predicted octanol–water partition coefficient (Wildman–Crippen LogP) is 26.0. The first-order chi connectivity index (χ1) is 72.0. The van der Waals surface area contributed by atoms with Gasteiger partial charge in [0, 0.05) is 146 Å². The number of benzene rings is 8. The number of Topliss-reactive ketones (excluding diaryl/α,β-unsaturated/α-hetero) is 4. The van der Waals surface area contributed by atoms with Gasteiger partial charge < -0.3 is 14.4 Å². The van der Waals surface area contributed by atoms with Crippen LogP contribution in [0.4, 0.5) is 26.3 Å². The van der Waals surface area contributed by atoms with E-state index in [1.807, 2.05) is 110 Å². The molecule has 1 aliphatic heterocycles. The number of carbonyl (C=O) groups is 4. The zero-order valence-electron chi connectivity index (χ0n) is 83.6. The van der Waals surface area contributed by atoms with Gasteiger partial charge in [-0.25, -0.2) is 87.3 Å². The van der Waals surface area contributed by atoms with Crippen LogP contribution in [0.5, 0.6) is 0 Å². The van der Waals surface area contributed by atoms with Crippen molar-refractivity contribution in [2.75, 3.05) is 0 Å². The van der Waals surface area contributed by atoms with Crippen molar-refractivity contribution in [3.05, 3.63) is 403 Å². The maximum atomic E-state index is 15.2. The summed E-state index contributed by atoms with van der Waals surface area (Å²) in [4.78, 5) is 124. The monoisotopic (exact) mass is 1990 g/mol. The molecule has 150 heavy (non-hydrogen) atoms. The van der Waals surface area contributed by atoms with E-state index in [0.29, 0.717) is 159 Å². The molecule has 0 spiro atoms. The summed E-state index contributed by atoms with van der Waals surface area (Å²) < 4.78 is 95.9. The van der Waals surface area contributed by atoms with Gasteiger partial charge >= 0.3 is 5.72 Å². The van der Waals surface area contributed by atoms with Gasteiger partial charge in [-0.2, -0.15) is 0 Å². The van der Waals surface area contributed by atoms with Gasteiger partial charge in [-0.05, 0) is 204 Å². The lowest BCUT2D eigenvalue weighted by Gasteiger charge is -2.50. The van der Waals surface area contributed by atoms with Gasteiger partial charge in [-0.3, -0.25) is 34.3 Å². The molecule has 16 aromatic rings. The van der Waals surface area contributed by atoms with Crippen molar-refractivity contribution in [1.82, 2.24) is 59.8 Å². The molecule has 0 bridgehead atoms. The molecule has 8 aromatic carbocycles. The minimum absolute atomic E-state index is 0.0423. The molecule has 25 rings (SSSR count). The van der Waals surface area contributed by atoms with Crippen LogP contribution >= 0.6 is 0 Å². The van der Waals surface area contributed by atoms with Gasteiger partial charge in [-0.15, -0.1) is 0 Å². The maximum Gasteiger partial charge on any atom is 0.424 e. The number of para-hydroxylation sites is 2. The summed E-state index contributed by atoms with van der Waals surface area (Å²) in [5.74, 6) is -2.17. The van der Waals surface area contributed by atoms with E-state index in [1.165, 1.54) is 48.8 Å². The quantitative estimate of drug-likeness (QED) is 0.0778. The highest BCUT2D eigenvalue weighted by atomic mass is 19.1. The summed E-state index contributed by atoms with van der Waals surface area (Å²) in [6, 6.07) is 56.7. The number of ether oxygens (including phenoxy) is 1. The van der Waals surface area contributed by atoms with Crippen molar-refractivity contribution in [3.63, 3.8) is 0 Å². The number of epoxide rings is 1. The Hall–Kier alpha value is -17.1. The summed E-state index contributed by atoms with van der Waals surface area (Å²) in [7, 11) is 0. The number of allylic oxidation sites excluding steroid dienone is 7. The van der Waals surface area contributed by atoms with E-state index in [0.717, 1.165) is 77.7 Å². The second-order valence-corrected chi connectivity index (χ2v) is 41.9. The summed E-state index contributed by atoms with van der Waals surface area (Å²) >= 11 is 0. The Morgan fingerprint density at radius 1 is 0.367 bits per heavy atom. The van der Waals surface area contributed by atoms with Crippen molar-refractivity contribution >= 4 is 66.7 Å². The first kappa shape index (κ1) is 97.6. The van der Waals surface area contributed by atoms with Gasteiger partial charge in [0.2, 0.25) is 17.1 Å². The van der Waals surface area contributed by atoms with Crippen molar-refractivity contribution in [3.8, 4) is 90.6 Å². The molecule has 9 aliphatic rings. The number of fused-ring (bicyclic) bond motifs is 18. The lowest BCUT2D eigenvalue weighted by Crippen LogP contribution is -2.55. The van der Waals surface area contributed by atoms with Gasteiger partial charge in [0.1, 0.15) is 45.9 Å². The van der Waals surface area contributed by atoms with E-state index in [-0.39, 0.29) is 86.6 Å². The number of rotatable bonds is 8. The molecular weight excluding hydrogens is 1900 g/mol. The Morgan fingerprint density at radius 2 is 0.760 bits per heavy atom. The Morgan fingerprint density at radius 3 is 1.23 bits per heavy atom. The molecule has 1 saturated carbocycles. The normalized spacial score (nSPS) is 23.0. The Kier molecular flexibility index (Phi) is 23.7. The SMILES string of the molecule is [C-]#[N+]C1=C[C@@]2(C)c3nc(-c4cccc5ncccc45)nc(-c4ccccc4F)c3CC[C@@H]2C(C)(C)C1=O.[C-]#[N+]C1=C[C@@]2(C)c3nc(-c4ccnc5c(F)cccc45)nc(-c4ccccc4F)c3CC[C@@H]2C(C)(C)C1=O.[C-]#[N+]C1=C[C@]2(C)C(=C(C)C1=O)CCc1c(-c3ccccc3F)nc(-c3ccnc4c(F)cccc34)nc12.[C-]#[N+][C@]12O[C@H]1[C@@]1(C)c3nc(-c4ccnc5cc(C)ccc45)nc(-c4ccccc4F)c3CC[C@@H]1[C@@H](C)C2=O. The van der Waals surface area contributed by atoms with E-state index in [4.69, 9.17) is 70.9 Å². The van der Waals surface area contributed by atoms with Gasteiger partial charge in [-0.1, -0.05) is 177 Å². The van der Waals surface area contributed by atoms with Gasteiger partial charge in [0.15, 0.2) is 46.8 Å². The van der Waals surface area contributed by atoms with Crippen LogP contribution < -0.4 is 0 Å². The summed E-state index contributed by atoms with van der Waals surface area (Å²) in [6.07, 6.45) is 16.1. The van der Waals surface area contributed by atoms with Crippen LogP contribution in [0.2, 0.25) is 0 Å². The Labute approximate surface area is 860 Å². The molecule has 27 heteroatoms. The number of hydrogen-bond donors (Lipinski definition) is 0. The maximum absolute atomic E-state index is 15.2. The molecule has 0 radical (unpaired) electrons. The molecular formula is C123H94F6N16O5. The molecule has 0 amide bonds. The topological polar surface area (TPSA) is 253 Å². The zero-order chi connectivity index (χ0) is 105. The number of carbonyl (C=O) groups excluding carboxylic acids is 4. The van der Waals surface area contributed by atoms with E-state index < -0.39 is 67.6 Å². The van der Waals surface area contributed by atoms with Crippen LogP contribution in [-0.2, 0) is 71.3 Å². The molecule has 0 N–H and O–H groups in total. The Bertz CT molecular complexity index is 8950. The van der Waals surface area contributed by atoms with Crippen molar-refractivity contribution in [1.29, 1.82) is 0 Å².